The monoisotopic (exact) mass is 297 g/mol. The van der Waals surface area contributed by atoms with E-state index in [1.165, 1.54) is 31.7 Å². The fraction of sp³-hybridized carbons (Fsp3) is 0.625. The molecule has 1 unspecified atom stereocenters. The molecule has 0 saturated heterocycles. The molecule has 1 aliphatic carbocycles. The van der Waals surface area contributed by atoms with Crippen LogP contribution in [0.15, 0.2) is 18.2 Å². The van der Waals surface area contributed by atoms with Gasteiger partial charge in [0.25, 0.3) is 0 Å². The zero-order valence-corrected chi connectivity index (χ0v) is 13.3. The van der Waals surface area contributed by atoms with Crippen molar-refractivity contribution in [2.75, 3.05) is 13.4 Å². The summed E-state index contributed by atoms with van der Waals surface area (Å²) in [6.45, 7) is 2.03. The highest BCUT2D eigenvalue weighted by molar-refractivity contribution is 7.99. The van der Waals surface area contributed by atoms with Gasteiger partial charge in [-0.3, -0.25) is 0 Å². The normalized spacial score (nSPS) is 24.4. The predicted octanol–water partition coefficient (Wildman–Crippen LogP) is 4.16. The predicted molar refractivity (Wildman–Crippen MR) is 84.1 cm³/mol. The Kier molecular flexibility index (Phi) is 5.73. The van der Waals surface area contributed by atoms with Crippen LogP contribution in [-0.4, -0.2) is 24.7 Å². The molecule has 0 radical (unpaired) electrons. The molecule has 0 heterocycles. The van der Waals surface area contributed by atoms with Crippen LogP contribution in [0.5, 0.6) is 5.75 Å². The second-order valence-corrected chi connectivity index (χ2v) is 6.62. The van der Waals surface area contributed by atoms with Crippen LogP contribution in [0.4, 0.5) is 4.39 Å². The van der Waals surface area contributed by atoms with Gasteiger partial charge in [0.2, 0.25) is 0 Å². The van der Waals surface area contributed by atoms with Crippen LogP contribution in [-0.2, 0) is 0 Å². The first-order chi connectivity index (χ1) is 9.63. The second-order valence-electron chi connectivity index (χ2n) is 5.49. The van der Waals surface area contributed by atoms with Crippen LogP contribution in [0.25, 0.3) is 0 Å². The summed E-state index contributed by atoms with van der Waals surface area (Å²) in [5, 5.41) is 4.37. The van der Waals surface area contributed by atoms with Gasteiger partial charge in [0, 0.05) is 29.0 Å². The van der Waals surface area contributed by atoms with Crippen LogP contribution in [0, 0.1) is 5.82 Å². The van der Waals surface area contributed by atoms with Crippen molar-refractivity contribution < 1.29 is 9.13 Å². The Balaban J connectivity index is 1.93. The van der Waals surface area contributed by atoms with Gasteiger partial charge in [0.15, 0.2) is 0 Å². The smallest absolute Gasteiger partial charge is 0.131 e. The van der Waals surface area contributed by atoms with Crippen LogP contribution < -0.4 is 10.1 Å². The third-order valence-electron chi connectivity index (χ3n) is 4.17. The summed E-state index contributed by atoms with van der Waals surface area (Å²) in [6.07, 6.45) is 7.09. The van der Waals surface area contributed by atoms with Crippen LogP contribution in [0.1, 0.15) is 44.2 Å². The minimum Gasteiger partial charge on any atom is -0.497 e. The van der Waals surface area contributed by atoms with Crippen molar-refractivity contribution in [3.05, 3.63) is 29.6 Å². The molecule has 0 bridgehead atoms. The molecule has 112 valence electrons. The highest BCUT2D eigenvalue weighted by Gasteiger charge is 2.22. The van der Waals surface area contributed by atoms with Crippen LogP contribution in [0.3, 0.4) is 0 Å². The Hall–Kier alpha value is -0.740. The number of halogens is 1. The fourth-order valence-electron chi connectivity index (χ4n) is 2.89. The van der Waals surface area contributed by atoms with E-state index in [0.717, 1.165) is 10.8 Å². The zero-order valence-electron chi connectivity index (χ0n) is 12.5. The Labute approximate surface area is 125 Å². The van der Waals surface area contributed by atoms with E-state index in [0.29, 0.717) is 11.8 Å². The molecule has 0 aromatic heterocycles. The number of ether oxygens (including phenoxy) is 1. The molecule has 0 spiro atoms. The third-order valence-corrected chi connectivity index (χ3v) is 5.31. The third kappa shape index (κ3) is 3.89. The van der Waals surface area contributed by atoms with Crippen molar-refractivity contribution in [1.29, 1.82) is 0 Å². The minimum atomic E-state index is -0.192. The quantitative estimate of drug-likeness (QED) is 0.882. The molecule has 4 heteroatoms. The maximum Gasteiger partial charge on any atom is 0.131 e. The summed E-state index contributed by atoms with van der Waals surface area (Å²) < 4.78 is 19.1. The van der Waals surface area contributed by atoms with Crippen molar-refractivity contribution in [3.63, 3.8) is 0 Å². The molecular formula is C16H24FNOS. The topological polar surface area (TPSA) is 21.3 Å². The lowest BCUT2D eigenvalue weighted by Crippen LogP contribution is -2.35. The van der Waals surface area contributed by atoms with Crippen molar-refractivity contribution >= 4 is 11.8 Å². The lowest BCUT2D eigenvalue weighted by Gasteiger charge is -2.30. The minimum absolute atomic E-state index is 0.0386. The average molecular weight is 297 g/mol. The van der Waals surface area contributed by atoms with Gasteiger partial charge in [-0.05, 0) is 44.9 Å². The molecule has 1 aliphatic rings. The number of methoxy groups -OCH3 is 1. The first-order valence-corrected chi connectivity index (χ1v) is 8.55. The summed E-state index contributed by atoms with van der Waals surface area (Å²) in [4.78, 5) is 0. The summed E-state index contributed by atoms with van der Waals surface area (Å²) in [5.41, 5.74) is 0.720. The SMILES string of the molecule is COc1ccc(C(C)NC2CCC(SC)CC2)c(F)c1. The molecule has 2 nitrogen and oxygen atoms in total. The molecule has 2 rings (SSSR count). The molecule has 1 fully saturated rings. The van der Waals surface area contributed by atoms with Gasteiger partial charge in [-0.25, -0.2) is 4.39 Å². The maximum absolute atomic E-state index is 14.0. The fourth-order valence-corrected chi connectivity index (χ4v) is 3.64. The van der Waals surface area contributed by atoms with Gasteiger partial charge in [-0.1, -0.05) is 6.07 Å². The van der Waals surface area contributed by atoms with Gasteiger partial charge in [-0.15, -0.1) is 0 Å². The van der Waals surface area contributed by atoms with E-state index in [1.54, 1.807) is 7.11 Å². The molecule has 1 aromatic carbocycles. The molecule has 0 aliphatic heterocycles. The maximum atomic E-state index is 14.0. The van der Waals surface area contributed by atoms with Crippen molar-refractivity contribution in [2.24, 2.45) is 0 Å². The van der Waals surface area contributed by atoms with Gasteiger partial charge >= 0.3 is 0 Å². The Morgan fingerprint density at radius 1 is 1.30 bits per heavy atom. The highest BCUT2D eigenvalue weighted by atomic mass is 32.2. The van der Waals surface area contributed by atoms with Crippen LogP contribution in [0.2, 0.25) is 0 Å². The number of nitrogens with one attached hydrogen (secondary N) is 1. The summed E-state index contributed by atoms with van der Waals surface area (Å²) in [5.74, 6) is 0.376. The molecule has 20 heavy (non-hydrogen) atoms. The second kappa shape index (κ2) is 7.32. The Bertz CT molecular complexity index is 432. The standard InChI is InChI=1S/C16H24FNOS/c1-11(15-9-6-13(19-2)10-16(15)17)18-12-4-7-14(20-3)8-5-12/h6,9-12,14,18H,4-5,7-8H2,1-3H3. The van der Waals surface area contributed by atoms with Gasteiger partial charge in [0.05, 0.1) is 7.11 Å². The average Bonchev–Trinajstić information content (AvgIpc) is 2.47. The Morgan fingerprint density at radius 2 is 2.00 bits per heavy atom. The molecule has 1 aromatic rings. The van der Waals surface area contributed by atoms with E-state index in [-0.39, 0.29) is 11.9 Å². The largest absolute Gasteiger partial charge is 0.497 e. The van der Waals surface area contributed by atoms with Gasteiger partial charge in [-0.2, -0.15) is 11.8 Å². The zero-order chi connectivity index (χ0) is 14.5. The number of benzene rings is 1. The van der Waals surface area contributed by atoms with E-state index >= 15 is 0 Å². The summed E-state index contributed by atoms with van der Waals surface area (Å²) >= 11 is 1.97. The van der Waals surface area contributed by atoms with E-state index in [9.17, 15) is 4.39 Å². The van der Waals surface area contributed by atoms with Crippen molar-refractivity contribution in [2.45, 2.75) is 49.9 Å². The lowest BCUT2D eigenvalue weighted by molar-refractivity contribution is 0.347. The number of hydrogen-bond donors (Lipinski definition) is 1. The number of hydrogen-bond acceptors (Lipinski definition) is 3. The van der Waals surface area contributed by atoms with Crippen molar-refractivity contribution in [1.82, 2.24) is 5.32 Å². The molecule has 1 saturated carbocycles. The Morgan fingerprint density at radius 3 is 2.55 bits per heavy atom. The molecular weight excluding hydrogens is 273 g/mol. The number of rotatable bonds is 5. The molecule has 1 N–H and O–H groups in total. The van der Waals surface area contributed by atoms with Gasteiger partial charge in [0.1, 0.15) is 11.6 Å². The van der Waals surface area contributed by atoms with E-state index in [1.807, 2.05) is 30.8 Å². The molecule has 1 atom stereocenters. The first-order valence-electron chi connectivity index (χ1n) is 7.26. The lowest BCUT2D eigenvalue weighted by atomic mass is 9.93. The van der Waals surface area contributed by atoms with E-state index < -0.39 is 0 Å². The number of thioether (sulfide) groups is 1. The van der Waals surface area contributed by atoms with E-state index in [2.05, 4.69) is 11.6 Å². The van der Waals surface area contributed by atoms with E-state index in [4.69, 9.17) is 4.74 Å². The molecule has 0 amide bonds. The summed E-state index contributed by atoms with van der Waals surface area (Å²) in [7, 11) is 1.56. The van der Waals surface area contributed by atoms with Crippen LogP contribution >= 0.6 is 11.8 Å². The highest BCUT2D eigenvalue weighted by Crippen LogP contribution is 2.29. The van der Waals surface area contributed by atoms with Gasteiger partial charge < -0.3 is 10.1 Å². The summed E-state index contributed by atoms with van der Waals surface area (Å²) in [6, 6.07) is 5.64. The first kappa shape index (κ1) is 15.6. The van der Waals surface area contributed by atoms with Crippen molar-refractivity contribution in [3.8, 4) is 5.75 Å².